The molecule has 1 saturated carbocycles. The van der Waals surface area contributed by atoms with Gasteiger partial charge in [-0.1, -0.05) is 36.8 Å². The Kier molecular flexibility index (Phi) is 4.92. The number of hydrogen-bond acceptors (Lipinski definition) is 4. The number of amides is 1. The molecule has 26 heavy (non-hydrogen) atoms. The molecule has 1 fully saturated rings. The number of carbonyl (C=O) groups is 1. The van der Waals surface area contributed by atoms with Gasteiger partial charge in [-0.2, -0.15) is 5.26 Å². The van der Waals surface area contributed by atoms with Crippen molar-refractivity contribution in [3.8, 4) is 6.07 Å². The van der Waals surface area contributed by atoms with E-state index < -0.39 is 15.3 Å². The summed E-state index contributed by atoms with van der Waals surface area (Å²) in [4.78, 5) is 13.0. The number of allylic oxidation sites excluding steroid dienone is 1. The fraction of sp³-hybridized carbons (Fsp3) is 0.200. The quantitative estimate of drug-likeness (QED) is 0.820. The van der Waals surface area contributed by atoms with Crippen LogP contribution in [0.2, 0.25) is 0 Å². The molecule has 2 aromatic rings. The van der Waals surface area contributed by atoms with Gasteiger partial charge in [-0.15, -0.1) is 0 Å². The standard InChI is InChI=1S/C20H18N2O3S/c21-14-5-15-26(24,25)18-10-8-16(9-11-18)20(12-4-13-20)19(23)22-17-6-2-1-3-7-17/h1-3,5-11,15H,4,12-13H2,(H,22,23). The Balaban J connectivity index is 1.86. The minimum atomic E-state index is -3.65. The zero-order valence-corrected chi connectivity index (χ0v) is 14.9. The number of nitrogens with zero attached hydrogens (tertiary/aromatic N) is 1. The minimum Gasteiger partial charge on any atom is -0.325 e. The zero-order chi connectivity index (χ0) is 18.6. The van der Waals surface area contributed by atoms with E-state index in [-0.39, 0.29) is 10.8 Å². The summed E-state index contributed by atoms with van der Waals surface area (Å²) in [5.41, 5.74) is 0.922. The molecule has 0 aromatic heterocycles. The summed E-state index contributed by atoms with van der Waals surface area (Å²) in [6, 6.07) is 17.3. The molecule has 0 saturated heterocycles. The Morgan fingerprint density at radius 2 is 1.73 bits per heavy atom. The molecule has 1 N–H and O–H groups in total. The van der Waals surface area contributed by atoms with Crippen molar-refractivity contribution in [1.82, 2.24) is 0 Å². The lowest BCUT2D eigenvalue weighted by Crippen LogP contribution is -2.46. The van der Waals surface area contributed by atoms with E-state index in [1.165, 1.54) is 12.1 Å². The molecular formula is C20H18N2O3S. The van der Waals surface area contributed by atoms with Gasteiger partial charge in [-0.05, 0) is 42.7 Å². The first kappa shape index (κ1) is 17.9. The van der Waals surface area contributed by atoms with E-state index in [9.17, 15) is 13.2 Å². The lowest BCUT2D eigenvalue weighted by molar-refractivity contribution is -0.124. The van der Waals surface area contributed by atoms with Gasteiger partial charge < -0.3 is 5.32 Å². The number of benzene rings is 2. The normalized spacial score (nSPS) is 15.8. The van der Waals surface area contributed by atoms with Gasteiger partial charge in [0.15, 0.2) is 0 Å². The fourth-order valence-corrected chi connectivity index (χ4v) is 4.02. The number of rotatable bonds is 5. The number of anilines is 1. The number of para-hydroxylation sites is 1. The highest BCUT2D eigenvalue weighted by atomic mass is 32.2. The van der Waals surface area contributed by atoms with Crippen LogP contribution in [0.15, 0.2) is 71.0 Å². The molecule has 1 aliphatic rings. The SMILES string of the molecule is N#CC=CS(=O)(=O)c1ccc(C2(C(=O)Nc3ccccc3)CCC2)cc1. The first-order valence-corrected chi connectivity index (χ1v) is 9.81. The number of sulfone groups is 1. The summed E-state index contributed by atoms with van der Waals surface area (Å²) >= 11 is 0. The Bertz CT molecular complexity index is 968. The first-order chi connectivity index (χ1) is 12.5. The maximum atomic E-state index is 12.9. The molecule has 3 rings (SSSR count). The maximum absolute atomic E-state index is 12.9. The summed E-state index contributed by atoms with van der Waals surface area (Å²) < 4.78 is 24.2. The van der Waals surface area contributed by atoms with E-state index in [0.29, 0.717) is 0 Å². The Labute approximate surface area is 152 Å². The third-order valence-electron chi connectivity index (χ3n) is 4.73. The van der Waals surface area contributed by atoms with Gasteiger partial charge in [0.1, 0.15) is 0 Å². The number of carbonyl (C=O) groups excluding carboxylic acids is 1. The maximum Gasteiger partial charge on any atom is 0.235 e. The van der Waals surface area contributed by atoms with Gasteiger partial charge in [0.2, 0.25) is 15.7 Å². The smallest absolute Gasteiger partial charge is 0.235 e. The molecule has 1 aliphatic carbocycles. The number of hydrogen-bond donors (Lipinski definition) is 1. The average Bonchev–Trinajstić information content (AvgIpc) is 2.60. The summed E-state index contributed by atoms with van der Waals surface area (Å²) in [6.07, 6.45) is 3.34. The molecule has 6 heteroatoms. The molecule has 0 heterocycles. The summed E-state index contributed by atoms with van der Waals surface area (Å²) in [5.74, 6) is -0.0741. The van der Waals surface area contributed by atoms with Crippen molar-refractivity contribution < 1.29 is 13.2 Å². The van der Waals surface area contributed by atoms with Crippen LogP contribution >= 0.6 is 0 Å². The lowest BCUT2D eigenvalue weighted by atomic mass is 9.64. The van der Waals surface area contributed by atoms with Crippen molar-refractivity contribution in [2.75, 3.05) is 5.32 Å². The van der Waals surface area contributed by atoms with Crippen LogP contribution in [0.5, 0.6) is 0 Å². The molecule has 0 atom stereocenters. The zero-order valence-electron chi connectivity index (χ0n) is 14.1. The summed E-state index contributed by atoms with van der Waals surface area (Å²) in [6.45, 7) is 0. The van der Waals surface area contributed by atoms with Crippen LogP contribution in [0, 0.1) is 11.3 Å². The highest BCUT2D eigenvalue weighted by Crippen LogP contribution is 2.44. The predicted octanol–water partition coefficient (Wildman–Crippen LogP) is 3.56. The summed E-state index contributed by atoms with van der Waals surface area (Å²) in [5, 5.41) is 12.3. The van der Waals surface area contributed by atoms with Crippen molar-refractivity contribution in [3.63, 3.8) is 0 Å². The minimum absolute atomic E-state index is 0.0741. The summed E-state index contributed by atoms with van der Waals surface area (Å²) in [7, 11) is -3.65. The van der Waals surface area contributed by atoms with Gasteiger partial charge in [0, 0.05) is 17.2 Å². The topological polar surface area (TPSA) is 87.0 Å². The van der Waals surface area contributed by atoms with Gasteiger partial charge in [-0.25, -0.2) is 8.42 Å². The fourth-order valence-electron chi connectivity index (χ4n) is 3.11. The van der Waals surface area contributed by atoms with Crippen LogP contribution < -0.4 is 5.32 Å². The molecule has 2 aromatic carbocycles. The Hall–Kier alpha value is -2.91. The molecule has 0 bridgehead atoms. The molecular weight excluding hydrogens is 348 g/mol. The van der Waals surface area contributed by atoms with Crippen LogP contribution in [0.1, 0.15) is 24.8 Å². The monoisotopic (exact) mass is 366 g/mol. The highest BCUT2D eigenvalue weighted by molar-refractivity contribution is 7.94. The van der Waals surface area contributed by atoms with Crippen molar-refractivity contribution in [2.24, 2.45) is 0 Å². The van der Waals surface area contributed by atoms with E-state index >= 15 is 0 Å². The van der Waals surface area contributed by atoms with Crippen molar-refractivity contribution in [3.05, 3.63) is 71.6 Å². The third-order valence-corrected chi connectivity index (χ3v) is 6.15. The van der Waals surface area contributed by atoms with Crippen molar-refractivity contribution in [1.29, 1.82) is 5.26 Å². The van der Waals surface area contributed by atoms with Gasteiger partial charge in [0.05, 0.1) is 16.4 Å². The molecule has 0 radical (unpaired) electrons. The molecule has 0 spiro atoms. The second-order valence-corrected chi connectivity index (χ2v) is 8.09. The van der Waals surface area contributed by atoms with Gasteiger partial charge in [-0.3, -0.25) is 4.79 Å². The Morgan fingerprint density at radius 1 is 1.08 bits per heavy atom. The van der Waals surface area contributed by atoms with Crippen LogP contribution in [0.4, 0.5) is 5.69 Å². The molecule has 0 aliphatic heterocycles. The van der Waals surface area contributed by atoms with Gasteiger partial charge >= 0.3 is 0 Å². The molecule has 1 amide bonds. The van der Waals surface area contributed by atoms with E-state index in [4.69, 9.17) is 5.26 Å². The molecule has 0 unspecified atom stereocenters. The largest absolute Gasteiger partial charge is 0.325 e. The third kappa shape index (κ3) is 3.39. The number of nitriles is 1. The Morgan fingerprint density at radius 3 is 2.27 bits per heavy atom. The van der Waals surface area contributed by atoms with Crippen LogP contribution in [0.3, 0.4) is 0 Å². The first-order valence-electron chi connectivity index (χ1n) is 8.26. The van der Waals surface area contributed by atoms with Crippen molar-refractivity contribution >= 4 is 21.4 Å². The second-order valence-electron chi connectivity index (χ2n) is 6.26. The van der Waals surface area contributed by atoms with Crippen molar-refractivity contribution in [2.45, 2.75) is 29.6 Å². The van der Waals surface area contributed by atoms with Crippen LogP contribution in [-0.2, 0) is 20.0 Å². The van der Waals surface area contributed by atoms with E-state index in [0.717, 1.165) is 42.0 Å². The predicted molar refractivity (Wildman–Crippen MR) is 99.0 cm³/mol. The van der Waals surface area contributed by atoms with Gasteiger partial charge in [0.25, 0.3) is 0 Å². The number of nitrogens with one attached hydrogen (secondary N) is 1. The van der Waals surface area contributed by atoms with Crippen LogP contribution in [-0.4, -0.2) is 14.3 Å². The second kappa shape index (κ2) is 7.14. The molecule has 5 nitrogen and oxygen atoms in total. The van der Waals surface area contributed by atoms with E-state index in [2.05, 4.69) is 5.32 Å². The van der Waals surface area contributed by atoms with Crippen LogP contribution in [0.25, 0.3) is 0 Å². The van der Waals surface area contributed by atoms with E-state index in [1.807, 2.05) is 30.3 Å². The lowest BCUT2D eigenvalue weighted by Gasteiger charge is -2.40. The highest BCUT2D eigenvalue weighted by Gasteiger charge is 2.45. The average molecular weight is 366 g/mol. The molecule has 132 valence electrons. The van der Waals surface area contributed by atoms with E-state index in [1.54, 1.807) is 18.2 Å².